The lowest BCUT2D eigenvalue weighted by Gasteiger charge is -2.30. The quantitative estimate of drug-likeness (QED) is 0.839. The van der Waals surface area contributed by atoms with Crippen LogP contribution in [0.3, 0.4) is 0 Å². The van der Waals surface area contributed by atoms with E-state index in [0.29, 0.717) is 17.9 Å². The van der Waals surface area contributed by atoms with E-state index in [1.165, 1.54) is 6.07 Å². The maximum absolute atomic E-state index is 14.2. The van der Waals surface area contributed by atoms with Crippen LogP contribution in [0.4, 0.5) is 14.5 Å². The zero-order valence-corrected chi connectivity index (χ0v) is 12.6. The minimum Gasteiger partial charge on any atom is -0.472 e. The predicted octanol–water partition coefficient (Wildman–Crippen LogP) is 2.75. The van der Waals surface area contributed by atoms with E-state index in [4.69, 9.17) is 10.3 Å². The first-order valence-electron chi connectivity index (χ1n) is 7.52. The minimum absolute atomic E-state index is 0.136. The molecule has 2 aliphatic rings. The summed E-state index contributed by atoms with van der Waals surface area (Å²) in [5.41, 5.74) is 8.60. The molecule has 0 saturated carbocycles. The number of ether oxygens (including phenoxy) is 1. The van der Waals surface area contributed by atoms with Crippen LogP contribution in [0.2, 0.25) is 0 Å². The number of hydrogen-bond donors (Lipinski definition) is 2. The lowest BCUT2D eigenvalue weighted by molar-refractivity contribution is 0.231. The predicted molar refractivity (Wildman–Crippen MR) is 82.4 cm³/mol. The number of halogens is 2. The van der Waals surface area contributed by atoms with Gasteiger partial charge in [-0.3, -0.25) is 0 Å². The lowest BCUT2D eigenvalue weighted by atomic mass is 10.0. The van der Waals surface area contributed by atoms with Gasteiger partial charge in [-0.1, -0.05) is 6.08 Å². The molecule has 2 N–H and O–H groups in total. The molecule has 23 heavy (non-hydrogen) atoms. The number of nitrogens with one attached hydrogen (secondary N) is 2. The van der Waals surface area contributed by atoms with Crippen LogP contribution < -0.4 is 10.2 Å². The van der Waals surface area contributed by atoms with Gasteiger partial charge in [0.2, 0.25) is 5.88 Å². The first-order valence-corrected chi connectivity index (χ1v) is 7.52. The van der Waals surface area contributed by atoms with Crippen molar-refractivity contribution in [1.82, 2.24) is 5.32 Å². The summed E-state index contributed by atoms with van der Waals surface area (Å²) in [5.74, 6) is -1.57. The zero-order valence-electron chi connectivity index (χ0n) is 12.6. The fraction of sp³-hybridized carbons (Fsp3) is 0.375. The minimum atomic E-state index is -0.861. The molecule has 0 bridgehead atoms. The van der Waals surface area contributed by atoms with Crippen LogP contribution in [0, 0.1) is 17.2 Å². The monoisotopic (exact) mass is 320 g/mol. The molecular formula is C16H18F2N4O. The Morgan fingerprint density at radius 2 is 2.04 bits per heavy atom. The largest absolute Gasteiger partial charge is 0.472 e. The average molecular weight is 320 g/mol. The van der Waals surface area contributed by atoms with Crippen LogP contribution >= 0.6 is 0 Å². The van der Waals surface area contributed by atoms with Crippen molar-refractivity contribution in [1.29, 1.82) is 5.53 Å². The Labute approximate surface area is 133 Å². The van der Waals surface area contributed by atoms with Crippen molar-refractivity contribution in [2.24, 2.45) is 5.11 Å². The summed E-state index contributed by atoms with van der Waals surface area (Å²) < 4.78 is 33.4. The fourth-order valence-corrected chi connectivity index (χ4v) is 2.79. The molecule has 0 amide bonds. The molecule has 0 atom stereocenters. The van der Waals surface area contributed by atoms with Crippen LogP contribution in [0.25, 0.3) is 0 Å². The lowest BCUT2D eigenvalue weighted by Crippen LogP contribution is -2.43. The van der Waals surface area contributed by atoms with Gasteiger partial charge >= 0.3 is 0 Å². The van der Waals surface area contributed by atoms with Gasteiger partial charge in [-0.25, -0.2) is 14.3 Å². The van der Waals surface area contributed by atoms with E-state index in [0.717, 1.165) is 26.2 Å². The average Bonchev–Trinajstić information content (AvgIpc) is 2.60. The van der Waals surface area contributed by atoms with Crippen LogP contribution in [0.5, 0.6) is 0 Å². The molecule has 1 fully saturated rings. The SMILES string of the molecule is N=NC1=C(Cc2cc(N3CCNCC3)cc(F)c2F)C=CCO1. The third-order valence-electron chi connectivity index (χ3n) is 3.96. The summed E-state index contributed by atoms with van der Waals surface area (Å²) in [6.07, 6.45) is 3.64. The number of piperazine rings is 1. The van der Waals surface area contributed by atoms with Gasteiger partial charge < -0.3 is 15.0 Å². The van der Waals surface area contributed by atoms with Crippen molar-refractivity contribution in [3.63, 3.8) is 0 Å². The number of benzene rings is 1. The first-order chi connectivity index (χ1) is 11.2. The van der Waals surface area contributed by atoms with Gasteiger partial charge in [0.25, 0.3) is 0 Å². The standard InChI is InChI=1S/C16H18F2N4O/c17-14-10-13(22-5-3-20-4-6-22)9-12(15(14)18)8-11-2-1-7-23-16(11)21-19/h1-2,9-10,19-20H,3-8H2. The van der Waals surface area contributed by atoms with Crippen molar-refractivity contribution in [3.05, 3.63) is 52.9 Å². The van der Waals surface area contributed by atoms with Crippen LogP contribution in [-0.2, 0) is 11.2 Å². The van der Waals surface area contributed by atoms with Gasteiger partial charge in [-0.05, 0) is 17.7 Å². The van der Waals surface area contributed by atoms with E-state index in [9.17, 15) is 8.78 Å². The Bertz CT molecular complexity index is 666. The number of allylic oxidation sites excluding steroid dienone is 2. The third-order valence-corrected chi connectivity index (χ3v) is 3.96. The molecule has 2 heterocycles. The van der Waals surface area contributed by atoms with Crippen molar-refractivity contribution in [2.45, 2.75) is 6.42 Å². The van der Waals surface area contributed by atoms with E-state index < -0.39 is 11.6 Å². The summed E-state index contributed by atoms with van der Waals surface area (Å²) in [7, 11) is 0. The maximum Gasteiger partial charge on any atom is 0.236 e. The molecule has 1 saturated heterocycles. The second kappa shape index (κ2) is 6.87. The van der Waals surface area contributed by atoms with E-state index in [1.54, 1.807) is 18.2 Å². The topological polar surface area (TPSA) is 60.7 Å². The van der Waals surface area contributed by atoms with Crippen LogP contribution in [-0.4, -0.2) is 32.8 Å². The van der Waals surface area contributed by atoms with E-state index in [1.807, 2.05) is 4.90 Å². The normalized spacial score (nSPS) is 18.1. The molecule has 2 aliphatic heterocycles. The molecule has 5 nitrogen and oxygen atoms in total. The number of rotatable bonds is 4. The van der Waals surface area contributed by atoms with Crippen molar-refractivity contribution >= 4 is 5.69 Å². The van der Waals surface area contributed by atoms with Gasteiger partial charge in [0.15, 0.2) is 11.6 Å². The van der Waals surface area contributed by atoms with Gasteiger partial charge in [-0.2, -0.15) is 0 Å². The Kier molecular flexibility index (Phi) is 4.66. The summed E-state index contributed by atoms with van der Waals surface area (Å²) in [6.45, 7) is 3.47. The fourth-order valence-electron chi connectivity index (χ4n) is 2.79. The molecule has 7 heteroatoms. The molecule has 0 radical (unpaired) electrons. The third kappa shape index (κ3) is 3.39. The Morgan fingerprint density at radius 1 is 1.26 bits per heavy atom. The molecule has 1 aromatic rings. The Balaban J connectivity index is 1.92. The highest BCUT2D eigenvalue weighted by Crippen LogP contribution is 2.26. The molecule has 0 unspecified atom stereocenters. The highest BCUT2D eigenvalue weighted by molar-refractivity contribution is 5.51. The van der Waals surface area contributed by atoms with E-state index in [-0.39, 0.29) is 17.9 Å². The molecule has 0 aliphatic carbocycles. The highest BCUT2D eigenvalue weighted by Gasteiger charge is 2.19. The molecule has 122 valence electrons. The Morgan fingerprint density at radius 3 is 2.78 bits per heavy atom. The summed E-state index contributed by atoms with van der Waals surface area (Å²) in [5, 5.41) is 6.54. The van der Waals surface area contributed by atoms with Gasteiger partial charge in [0.1, 0.15) is 6.61 Å². The molecular weight excluding hydrogens is 302 g/mol. The second-order valence-electron chi connectivity index (χ2n) is 5.47. The zero-order chi connectivity index (χ0) is 16.2. The summed E-state index contributed by atoms with van der Waals surface area (Å²) in [4.78, 5) is 2.03. The van der Waals surface area contributed by atoms with Gasteiger partial charge in [0.05, 0.1) is 0 Å². The number of anilines is 1. The summed E-state index contributed by atoms with van der Waals surface area (Å²) in [6, 6.07) is 2.91. The highest BCUT2D eigenvalue weighted by atomic mass is 19.2. The van der Waals surface area contributed by atoms with Crippen LogP contribution in [0.1, 0.15) is 5.56 Å². The van der Waals surface area contributed by atoms with Crippen molar-refractivity contribution in [2.75, 3.05) is 37.7 Å². The second-order valence-corrected chi connectivity index (χ2v) is 5.47. The molecule has 1 aromatic carbocycles. The van der Waals surface area contributed by atoms with E-state index in [2.05, 4.69) is 10.4 Å². The Hall–Kier alpha value is -2.28. The first kappa shape index (κ1) is 15.6. The van der Waals surface area contributed by atoms with Crippen LogP contribution in [0.15, 0.2) is 40.9 Å². The molecule has 3 rings (SSSR count). The van der Waals surface area contributed by atoms with Gasteiger partial charge in [0, 0.05) is 49.9 Å². The smallest absolute Gasteiger partial charge is 0.236 e. The molecule has 0 aromatic heterocycles. The number of hydrogen-bond acceptors (Lipinski definition) is 5. The maximum atomic E-state index is 14.2. The van der Waals surface area contributed by atoms with Crippen molar-refractivity contribution in [3.8, 4) is 0 Å². The molecule has 0 spiro atoms. The number of nitrogens with zero attached hydrogens (tertiary/aromatic N) is 2. The van der Waals surface area contributed by atoms with Crippen molar-refractivity contribution < 1.29 is 13.5 Å². The van der Waals surface area contributed by atoms with E-state index >= 15 is 0 Å². The van der Waals surface area contributed by atoms with Gasteiger partial charge in [-0.15, -0.1) is 5.11 Å². The summed E-state index contributed by atoms with van der Waals surface area (Å²) >= 11 is 0.